The van der Waals surface area contributed by atoms with Crippen molar-refractivity contribution in [2.45, 2.75) is 6.61 Å². The van der Waals surface area contributed by atoms with Gasteiger partial charge in [0.05, 0.1) is 5.56 Å². The van der Waals surface area contributed by atoms with Gasteiger partial charge in [-0.3, -0.25) is 0 Å². The van der Waals surface area contributed by atoms with Crippen LogP contribution >= 0.6 is 15.9 Å². The van der Waals surface area contributed by atoms with Crippen molar-refractivity contribution in [2.24, 2.45) is 0 Å². The fraction of sp³-hybridized carbons (Fsp3) is 0.0714. The smallest absolute Gasteiger partial charge is 0.173 e. The molecular formula is C14H9BrFNO. The molecule has 0 spiro atoms. The highest BCUT2D eigenvalue weighted by molar-refractivity contribution is 9.10. The van der Waals surface area contributed by atoms with E-state index >= 15 is 0 Å². The van der Waals surface area contributed by atoms with Gasteiger partial charge in [-0.05, 0) is 18.2 Å². The van der Waals surface area contributed by atoms with E-state index in [1.165, 1.54) is 18.2 Å². The molecule has 18 heavy (non-hydrogen) atoms. The first-order valence-electron chi connectivity index (χ1n) is 5.27. The van der Waals surface area contributed by atoms with E-state index in [4.69, 9.17) is 10.00 Å². The van der Waals surface area contributed by atoms with Gasteiger partial charge < -0.3 is 4.74 Å². The third kappa shape index (κ3) is 2.69. The Kier molecular flexibility index (Phi) is 3.96. The van der Waals surface area contributed by atoms with Gasteiger partial charge in [-0.25, -0.2) is 4.39 Å². The first-order valence-corrected chi connectivity index (χ1v) is 6.06. The third-order valence-corrected chi connectivity index (χ3v) is 3.19. The number of rotatable bonds is 3. The maximum atomic E-state index is 13.6. The molecule has 4 heteroatoms. The average molecular weight is 306 g/mol. The predicted octanol–water partition coefficient (Wildman–Crippen LogP) is 4.04. The van der Waals surface area contributed by atoms with E-state index in [2.05, 4.69) is 15.9 Å². The molecule has 2 rings (SSSR count). The summed E-state index contributed by atoms with van der Waals surface area (Å²) in [5.74, 6) is -0.531. The van der Waals surface area contributed by atoms with Crippen LogP contribution in [0, 0.1) is 17.1 Å². The van der Waals surface area contributed by atoms with Gasteiger partial charge in [-0.15, -0.1) is 0 Å². The third-order valence-electron chi connectivity index (χ3n) is 2.42. The van der Waals surface area contributed by atoms with Crippen molar-refractivity contribution in [1.29, 1.82) is 5.26 Å². The second-order valence-corrected chi connectivity index (χ2v) is 4.46. The lowest BCUT2D eigenvalue weighted by atomic mass is 10.2. The summed E-state index contributed by atoms with van der Waals surface area (Å²) < 4.78 is 19.8. The molecule has 2 aromatic carbocycles. The number of nitriles is 1. The molecule has 0 aliphatic rings. The number of benzene rings is 2. The largest absolute Gasteiger partial charge is 0.484 e. The van der Waals surface area contributed by atoms with Crippen molar-refractivity contribution in [3.05, 3.63) is 63.9 Å². The van der Waals surface area contributed by atoms with Crippen molar-refractivity contribution >= 4 is 15.9 Å². The molecule has 90 valence electrons. The van der Waals surface area contributed by atoms with Crippen LogP contribution in [0.15, 0.2) is 46.9 Å². The molecule has 0 aliphatic carbocycles. The maximum Gasteiger partial charge on any atom is 0.173 e. The van der Waals surface area contributed by atoms with E-state index in [1.807, 2.05) is 30.3 Å². The summed E-state index contributed by atoms with van der Waals surface area (Å²) in [6.45, 7) is 0.205. The lowest BCUT2D eigenvalue weighted by Gasteiger charge is -2.09. The highest BCUT2D eigenvalue weighted by atomic mass is 79.9. The van der Waals surface area contributed by atoms with E-state index in [-0.39, 0.29) is 17.9 Å². The molecule has 0 saturated carbocycles. The van der Waals surface area contributed by atoms with Gasteiger partial charge in [0.15, 0.2) is 11.6 Å². The number of para-hydroxylation sites is 1. The van der Waals surface area contributed by atoms with Crippen molar-refractivity contribution in [2.75, 3.05) is 0 Å². The van der Waals surface area contributed by atoms with Gasteiger partial charge in [0.1, 0.15) is 12.7 Å². The van der Waals surface area contributed by atoms with Gasteiger partial charge in [0, 0.05) is 10.0 Å². The summed E-state index contributed by atoms with van der Waals surface area (Å²) in [5, 5.41) is 8.89. The number of hydrogen-bond acceptors (Lipinski definition) is 2. The van der Waals surface area contributed by atoms with Crippen molar-refractivity contribution in [3.63, 3.8) is 0 Å². The summed E-state index contributed by atoms with van der Waals surface area (Å²) in [6.07, 6.45) is 0. The maximum absolute atomic E-state index is 13.6. The van der Waals surface area contributed by atoms with Gasteiger partial charge in [0.25, 0.3) is 0 Å². The first kappa shape index (κ1) is 12.6. The Morgan fingerprint density at radius 2 is 1.94 bits per heavy atom. The van der Waals surface area contributed by atoms with Crippen molar-refractivity contribution < 1.29 is 9.13 Å². The quantitative estimate of drug-likeness (QED) is 0.857. The Morgan fingerprint density at radius 3 is 2.67 bits per heavy atom. The van der Waals surface area contributed by atoms with Crippen LogP contribution in [-0.2, 0) is 6.61 Å². The van der Waals surface area contributed by atoms with E-state index in [9.17, 15) is 4.39 Å². The normalized spacial score (nSPS) is 9.83. The molecule has 0 aliphatic heterocycles. The van der Waals surface area contributed by atoms with Crippen LogP contribution in [-0.4, -0.2) is 0 Å². The lowest BCUT2D eigenvalue weighted by Crippen LogP contribution is -2.00. The highest BCUT2D eigenvalue weighted by Crippen LogP contribution is 2.24. The number of halogens is 2. The SMILES string of the molecule is N#Cc1cccc(F)c1OCc1ccccc1Br. The molecule has 0 heterocycles. The molecule has 2 aromatic rings. The van der Waals surface area contributed by atoms with Gasteiger partial charge in [-0.1, -0.05) is 40.2 Å². The number of nitrogens with zero attached hydrogens (tertiary/aromatic N) is 1. The van der Waals surface area contributed by atoms with Crippen LogP contribution in [0.2, 0.25) is 0 Å². The number of ether oxygens (including phenoxy) is 1. The Bertz CT molecular complexity index is 607. The Balaban J connectivity index is 2.22. The minimum atomic E-state index is -0.527. The predicted molar refractivity (Wildman–Crippen MR) is 69.6 cm³/mol. The molecule has 0 saturated heterocycles. The van der Waals surface area contributed by atoms with Gasteiger partial charge >= 0.3 is 0 Å². The molecule has 0 fully saturated rings. The zero-order chi connectivity index (χ0) is 13.0. The minimum absolute atomic E-state index is 0.00393. The first-order chi connectivity index (χ1) is 8.72. The average Bonchev–Trinajstić information content (AvgIpc) is 2.39. The molecule has 2 nitrogen and oxygen atoms in total. The Labute approximate surface area is 113 Å². The van der Waals surface area contributed by atoms with Gasteiger partial charge in [-0.2, -0.15) is 5.26 Å². The second kappa shape index (κ2) is 5.65. The molecule has 0 radical (unpaired) electrons. The molecular weight excluding hydrogens is 297 g/mol. The Hall–Kier alpha value is -1.86. The minimum Gasteiger partial charge on any atom is -0.484 e. The lowest BCUT2D eigenvalue weighted by molar-refractivity contribution is 0.288. The zero-order valence-corrected chi connectivity index (χ0v) is 10.9. The monoisotopic (exact) mass is 305 g/mol. The van der Waals surface area contributed by atoms with Crippen molar-refractivity contribution in [3.8, 4) is 11.8 Å². The summed E-state index contributed by atoms with van der Waals surface area (Å²) in [7, 11) is 0. The van der Waals surface area contributed by atoms with Crippen LogP contribution in [0.25, 0.3) is 0 Å². The molecule has 0 amide bonds. The summed E-state index contributed by atoms with van der Waals surface area (Å²) in [4.78, 5) is 0. The van der Waals surface area contributed by atoms with Crippen LogP contribution in [0.4, 0.5) is 4.39 Å². The van der Waals surface area contributed by atoms with Crippen LogP contribution in [0.5, 0.6) is 5.75 Å². The van der Waals surface area contributed by atoms with E-state index in [0.717, 1.165) is 10.0 Å². The van der Waals surface area contributed by atoms with Crippen molar-refractivity contribution in [1.82, 2.24) is 0 Å². The van der Waals surface area contributed by atoms with E-state index < -0.39 is 5.82 Å². The summed E-state index contributed by atoms with van der Waals surface area (Å²) in [6, 6.07) is 13.7. The molecule has 0 aromatic heterocycles. The molecule has 0 atom stereocenters. The number of hydrogen-bond donors (Lipinski definition) is 0. The molecule has 0 unspecified atom stereocenters. The Morgan fingerprint density at radius 1 is 1.17 bits per heavy atom. The molecule has 0 bridgehead atoms. The standard InChI is InChI=1S/C14H9BrFNO/c15-12-6-2-1-4-11(12)9-18-14-10(8-17)5-3-7-13(14)16/h1-7H,9H2. The summed E-state index contributed by atoms with van der Waals surface area (Å²) >= 11 is 3.39. The second-order valence-electron chi connectivity index (χ2n) is 3.61. The van der Waals surface area contributed by atoms with E-state index in [0.29, 0.717) is 0 Å². The van der Waals surface area contributed by atoms with Crippen LogP contribution < -0.4 is 4.74 Å². The van der Waals surface area contributed by atoms with E-state index in [1.54, 1.807) is 0 Å². The fourth-order valence-electron chi connectivity index (χ4n) is 1.51. The van der Waals surface area contributed by atoms with Gasteiger partial charge in [0.2, 0.25) is 0 Å². The topological polar surface area (TPSA) is 33.0 Å². The molecule has 0 N–H and O–H groups in total. The summed E-state index contributed by atoms with van der Waals surface area (Å²) in [5.41, 5.74) is 1.09. The van der Waals surface area contributed by atoms with Crippen LogP contribution in [0.1, 0.15) is 11.1 Å². The zero-order valence-electron chi connectivity index (χ0n) is 9.36. The fourth-order valence-corrected chi connectivity index (χ4v) is 1.91. The van der Waals surface area contributed by atoms with Crippen LogP contribution in [0.3, 0.4) is 0 Å². The highest BCUT2D eigenvalue weighted by Gasteiger charge is 2.10.